The summed E-state index contributed by atoms with van der Waals surface area (Å²) in [7, 11) is 1.58. The largest absolute Gasteiger partial charge is 0.496 e. The van der Waals surface area contributed by atoms with Crippen LogP contribution in [0.25, 0.3) is 0 Å². The number of halogens is 6. The molecule has 2 aromatic rings. The van der Waals surface area contributed by atoms with Gasteiger partial charge < -0.3 is 10.1 Å². The van der Waals surface area contributed by atoms with Crippen molar-refractivity contribution in [3.63, 3.8) is 0 Å². The lowest BCUT2D eigenvalue weighted by Gasteiger charge is -2.32. The van der Waals surface area contributed by atoms with Gasteiger partial charge in [0.15, 0.2) is 0 Å². The van der Waals surface area contributed by atoms with Crippen LogP contribution < -0.4 is 10.1 Å². The van der Waals surface area contributed by atoms with Gasteiger partial charge in [-0.2, -0.15) is 26.3 Å². The van der Waals surface area contributed by atoms with Gasteiger partial charge in [0, 0.05) is 36.8 Å². The van der Waals surface area contributed by atoms with Crippen molar-refractivity contribution >= 4 is 5.91 Å². The lowest BCUT2D eigenvalue weighted by Crippen LogP contribution is -2.44. The molecule has 0 atom stereocenters. The number of ether oxygens (including phenoxy) is 1. The molecule has 10 heteroatoms. The van der Waals surface area contributed by atoms with E-state index in [1.165, 1.54) is 0 Å². The number of rotatable bonds is 5. The zero-order valence-corrected chi connectivity index (χ0v) is 17.2. The molecule has 1 aliphatic rings. The minimum absolute atomic E-state index is 0.00706. The third-order valence-corrected chi connectivity index (χ3v) is 5.36. The van der Waals surface area contributed by atoms with Crippen LogP contribution in [0.2, 0.25) is 0 Å². The van der Waals surface area contributed by atoms with Crippen LogP contribution in [0, 0.1) is 0 Å². The van der Waals surface area contributed by atoms with E-state index in [0.29, 0.717) is 44.6 Å². The molecule has 0 saturated carbocycles. The SMILES string of the molecule is COc1ccccc1CN1CCC(NC(=O)c2cc(C(F)(F)F)cc(C(F)(F)F)c2)CC1. The number of alkyl halides is 6. The number of benzene rings is 2. The molecule has 2 aromatic carbocycles. The number of hydrogen-bond acceptors (Lipinski definition) is 3. The van der Waals surface area contributed by atoms with Gasteiger partial charge in [0.1, 0.15) is 5.75 Å². The van der Waals surface area contributed by atoms with E-state index in [1.807, 2.05) is 24.3 Å². The Bertz CT molecular complexity index is 918. The Kier molecular flexibility index (Phi) is 7.02. The first-order chi connectivity index (χ1) is 15.0. The molecule has 0 radical (unpaired) electrons. The van der Waals surface area contributed by atoms with Gasteiger partial charge in [0.2, 0.25) is 0 Å². The maximum Gasteiger partial charge on any atom is 0.416 e. The highest BCUT2D eigenvalue weighted by Gasteiger charge is 2.37. The molecule has 1 saturated heterocycles. The average molecular weight is 460 g/mol. The Balaban J connectivity index is 1.65. The molecule has 3 rings (SSSR count). The minimum atomic E-state index is -5.00. The molecular weight excluding hydrogens is 438 g/mol. The summed E-state index contributed by atoms with van der Waals surface area (Å²) in [5.74, 6) is -0.197. The van der Waals surface area contributed by atoms with Gasteiger partial charge in [0.25, 0.3) is 5.91 Å². The van der Waals surface area contributed by atoms with Crippen molar-refractivity contribution < 1.29 is 35.9 Å². The van der Waals surface area contributed by atoms with Gasteiger partial charge >= 0.3 is 12.4 Å². The summed E-state index contributed by atoms with van der Waals surface area (Å²) in [6.07, 6.45) is -8.96. The van der Waals surface area contributed by atoms with E-state index in [0.717, 1.165) is 11.3 Å². The molecule has 0 unspecified atom stereocenters. The summed E-state index contributed by atoms with van der Waals surface area (Å²) < 4.78 is 83.5. The molecule has 0 aliphatic carbocycles. The molecule has 1 amide bonds. The van der Waals surface area contributed by atoms with Gasteiger partial charge in [-0.25, -0.2) is 0 Å². The van der Waals surface area contributed by atoms with Crippen LogP contribution in [-0.4, -0.2) is 37.0 Å². The number of carbonyl (C=O) groups is 1. The molecule has 1 N–H and O–H groups in total. The Morgan fingerprint density at radius 1 is 1.00 bits per heavy atom. The van der Waals surface area contributed by atoms with Crippen molar-refractivity contribution in [3.05, 3.63) is 64.7 Å². The van der Waals surface area contributed by atoms with Crippen molar-refractivity contribution in [2.45, 2.75) is 37.8 Å². The third kappa shape index (κ3) is 5.93. The van der Waals surface area contributed by atoms with Gasteiger partial charge in [-0.1, -0.05) is 18.2 Å². The topological polar surface area (TPSA) is 41.6 Å². The lowest BCUT2D eigenvalue weighted by molar-refractivity contribution is -0.143. The van der Waals surface area contributed by atoms with Crippen molar-refractivity contribution in [1.82, 2.24) is 10.2 Å². The zero-order valence-electron chi connectivity index (χ0n) is 17.2. The molecule has 0 bridgehead atoms. The fraction of sp³-hybridized carbons (Fsp3) is 0.409. The van der Waals surface area contributed by atoms with Crippen LogP contribution in [0.5, 0.6) is 5.75 Å². The zero-order chi connectivity index (χ0) is 23.5. The summed E-state index contributed by atoms with van der Waals surface area (Å²) >= 11 is 0. The van der Waals surface area contributed by atoms with E-state index in [9.17, 15) is 31.1 Å². The number of amides is 1. The second-order valence-corrected chi connectivity index (χ2v) is 7.63. The monoisotopic (exact) mass is 460 g/mol. The standard InChI is InChI=1S/C22H22F6N2O2/c1-32-19-5-3-2-4-14(19)13-30-8-6-18(7-9-30)29-20(31)15-10-16(21(23,24)25)12-17(11-15)22(26,27)28/h2-5,10-12,18H,6-9,13H2,1H3,(H,29,31). The van der Waals surface area contributed by atoms with Gasteiger partial charge in [-0.05, 0) is 37.1 Å². The first-order valence-corrected chi connectivity index (χ1v) is 9.92. The van der Waals surface area contributed by atoms with Crippen molar-refractivity contribution in [2.24, 2.45) is 0 Å². The highest BCUT2D eigenvalue weighted by molar-refractivity contribution is 5.94. The first kappa shape index (κ1) is 23.9. The van der Waals surface area contributed by atoms with Gasteiger partial charge in [-0.15, -0.1) is 0 Å². The van der Waals surface area contributed by atoms with E-state index in [4.69, 9.17) is 4.74 Å². The number of hydrogen-bond donors (Lipinski definition) is 1. The number of carbonyl (C=O) groups excluding carboxylic acids is 1. The van der Waals surface area contributed by atoms with E-state index >= 15 is 0 Å². The molecule has 4 nitrogen and oxygen atoms in total. The van der Waals surface area contributed by atoms with Crippen LogP contribution in [0.1, 0.15) is 39.9 Å². The normalized spacial score (nSPS) is 16.1. The number of para-hydroxylation sites is 1. The molecule has 0 spiro atoms. The van der Waals surface area contributed by atoms with Crippen molar-refractivity contribution in [3.8, 4) is 5.75 Å². The van der Waals surface area contributed by atoms with Crippen LogP contribution in [0.4, 0.5) is 26.3 Å². The van der Waals surface area contributed by atoms with E-state index in [1.54, 1.807) is 7.11 Å². The summed E-state index contributed by atoms with van der Waals surface area (Å²) in [5.41, 5.74) is -2.68. The first-order valence-electron chi connectivity index (χ1n) is 9.92. The predicted molar refractivity (Wildman–Crippen MR) is 105 cm³/mol. The Labute approximate surface area is 181 Å². The Morgan fingerprint density at radius 3 is 2.09 bits per heavy atom. The van der Waals surface area contributed by atoms with Crippen LogP contribution >= 0.6 is 0 Å². The maximum absolute atomic E-state index is 13.0. The van der Waals surface area contributed by atoms with Gasteiger partial charge in [0.05, 0.1) is 18.2 Å². The quantitative estimate of drug-likeness (QED) is 0.630. The minimum Gasteiger partial charge on any atom is -0.496 e. The maximum atomic E-state index is 13.0. The van der Waals surface area contributed by atoms with Crippen LogP contribution in [0.3, 0.4) is 0 Å². The number of methoxy groups -OCH3 is 1. The van der Waals surface area contributed by atoms with Crippen molar-refractivity contribution in [1.29, 1.82) is 0 Å². The Morgan fingerprint density at radius 2 is 1.56 bits per heavy atom. The summed E-state index contributed by atoms with van der Waals surface area (Å²) in [4.78, 5) is 14.6. The Hall–Kier alpha value is -2.75. The summed E-state index contributed by atoms with van der Waals surface area (Å²) in [6.45, 7) is 1.85. The number of piperidine rings is 1. The second-order valence-electron chi connectivity index (χ2n) is 7.63. The van der Waals surface area contributed by atoms with Crippen LogP contribution in [0.15, 0.2) is 42.5 Å². The summed E-state index contributed by atoms with van der Waals surface area (Å²) in [6, 6.07) is 8.11. The number of likely N-dealkylation sites (tertiary alicyclic amines) is 1. The highest BCUT2D eigenvalue weighted by Crippen LogP contribution is 2.36. The van der Waals surface area contributed by atoms with E-state index < -0.39 is 35.0 Å². The highest BCUT2D eigenvalue weighted by atomic mass is 19.4. The molecule has 1 aliphatic heterocycles. The van der Waals surface area contributed by atoms with Crippen LogP contribution in [-0.2, 0) is 18.9 Å². The molecule has 1 heterocycles. The number of nitrogens with one attached hydrogen (secondary N) is 1. The van der Waals surface area contributed by atoms with Gasteiger partial charge in [-0.3, -0.25) is 9.69 Å². The third-order valence-electron chi connectivity index (χ3n) is 5.36. The molecular formula is C22H22F6N2O2. The predicted octanol–water partition coefficient (Wildman–Crippen LogP) is 5.13. The van der Waals surface area contributed by atoms with Crippen molar-refractivity contribution in [2.75, 3.05) is 20.2 Å². The average Bonchev–Trinajstić information content (AvgIpc) is 2.74. The fourth-order valence-corrected chi connectivity index (χ4v) is 3.66. The molecule has 1 fully saturated rings. The van der Waals surface area contributed by atoms with E-state index in [-0.39, 0.29) is 12.1 Å². The lowest BCUT2D eigenvalue weighted by atomic mass is 10.0. The smallest absolute Gasteiger partial charge is 0.416 e. The fourth-order valence-electron chi connectivity index (χ4n) is 3.66. The van der Waals surface area contributed by atoms with E-state index in [2.05, 4.69) is 10.2 Å². The molecule has 174 valence electrons. The summed E-state index contributed by atoms with van der Waals surface area (Å²) in [5, 5.41) is 2.57. The molecule has 0 aromatic heterocycles. The second kappa shape index (κ2) is 9.40. The number of nitrogens with zero attached hydrogens (tertiary/aromatic N) is 1. The molecule has 32 heavy (non-hydrogen) atoms.